The minimum absolute atomic E-state index is 0.0243. The number of anilines is 2. The van der Waals surface area contributed by atoms with Crippen LogP contribution in [0.25, 0.3) is 11.3 Å². The highest BCUT2D eigenvalue weighted by Gasteiger charge is 2.31. The Morgan fingerprint density at radius 1 is 1.27 bits per heavy atom. The quantitative estimate of drug-likeness (QED) is 0.659. The molecule has 3 aromatic rings. The first kappa shape index (κ1) is 20.0. The van der Waals surface area contributed by atoms with Crippen LogP contribution in [-0.2, 0) is 9.59 Å². The third-order valence-corrected chi connectivity index (χ3v) is 5.35. The molecule has 6 nitrogen and oxygen atoms in total. The molecule has 0 radical (unpaired) electrons. The van der Waals surface area contributed by atoms with E-state index in [-0.39, 0.29) is 41.2 Å². The molecule has 9 heteroatoms. The van der Waals surface area contributed by atoms with Crippen LogP contribution in [0.1, 0.15) is 13.3 Å². The first-order valence-corrected chi connectivity index (χ1v) is 10.1. The van der Waals surface area contributed by atoms with Crippen LogP contribution in [0, 0.1) is 11.6 Å². The summed E-state index contributed by atoms with van der Waals surface area (Å²) in [5, 5.41) is 4.44. The van der Waals surface area contributed by atoms with Gasteiger partial charge in [0.05, 0.1) is 11.4 Å². The van der Waals surface area contributed by atoms with E-state index >= 15 is 0 Å². The van der Waals surface area contributed by atoms with Crippen molar-refractivity contribution in [3.63, 3.8) is 0 Å². The van der Waals surface area contributed by atoms with Crippen molar-refractivity contribution >= 4 is 34.0 Å². The topological polar surface area (TPSA) is 71.5 Å². The number of benzene rings is 2. The van der Waals surface area contributed by atoms with Crippen molar-refractivity contribution in [3.8, 4) is 17.0 Å². The Labute approximate surface area is 175 Å². The Hall–Kier alpha value is -3.33. The van der Waals surface area contributed by atoms with E-state index in [1.807, 2.05) is 6.07 Å². The summed E-state index contributed by atoms with van der Waals surface area (Å²) < 4.78 is 32.9. The third kappa shape index (κ3) is 4.02. The minimum atomic E-state index is -0.634. The zero-order chi connectivity index (χ0) is 21.3. The second-order valence-corrected chi connectivity index (χ2v) is 7.54. The Morgan fingerprint density at radius 2 is 2.07 bits per heavy atom. The minimum Gasteiger partial charge on any atom is -0.479 e. The van der Waals surface area contributed by atoms with Gasteiger partial charge in [-0.25, -0.2) is 13.8 Å². The number of carbonyl (C=O) groups excluding carboxylic acids is 2. The van der Waals surface area contributed by atoms with Crippen LogP contribution < -0.4 is 15.0 Å². The Bertz CT molecular complexity index is 1120. The fraction of sp³-hybridized carbons (Fsp3) is 0.190. The van der Waals surface area contributed by atoms with Gasteiger partial charge in [0, 0.05) is 23.9 Å². The maximum atomic E-state index is 13.9. The van der Waals surface area contributed by atoms with Crippen molar-refractivity contribution in [1.29, 1.82) is 0 Å². The lowest BCUT2D eigenvalue weighted by Gasteiger charge is -2.32. The third-order valence-electron chi connectivity index (χ3n) is 4.59. The molecule has 0 spiro atoms. The Balaban J connectivity index is 1.42. The number of thiazole rings is 1. The van der Waals surface area contributed by atoms with E-state index in [0.717, 1.165) is 29.5 Å². The van der Waals surface area contributed by atoms with Gasteiger partial charge in [0.2, 0.25) is 5.91 Å². The van der Waals surface area contributed by atoms with Crippen molar-refractivity contribution in [1.82, 2.24) is 4.98 Å². The van der Waals surface area contributed by atoms with Gasteiger partial charge in [0.1, 0.15) is 17.4 Å². The molecular weight excluding hydrogens is 412 g/mol. The molecule has 0 aliphatic carbocycles. The van der Waals surface area contributed by atoms with Crippen molar-refractivity contribution < 1.29 is 23.1 Å². The standard InChI is InChI=1S/C21H17F2N3O3S/c1-12-20(28)26(17-4-2-3-5-18(17)29-12)9-8-19(27)25-21-24-16(11-30-21)14-10-13(22)6-7-15(14)23/h2-7,10-12H,8-9H2,1H3,(H,24,25,27)/t12-/m0/s1. The first-order valence-electron chi connectivity index (χ1n) is 9.20. The van der Waals surface area contributed by atoms with Gasteiger partial charge in [-0.15, -0.1) is 11.3 Å². The molecular formula is C21H17F2N3O3S. The molecule has 1 aliphatic heterocycles. The van der Waals surface area contributed by atoms with Crippen molar-refractivity contribution in [2.45, 2.75) is 19.4 Å². The number of para-hydroxylation sites is 2. The SMILES string of the molecule is C[C@@H]1Oc2ccccc2N(CCC(=O)Nc2nc(-c3cc(F)ccc3F)cs2)C1=O. The van der Waals surface area contributed by atoms with Gasteiger partial charge in [-0.3, -0.25) is 9.59 Å². The van der Waals surface area contributed by atoms with Crippen molar-refractivity contribution in [3.05, 3.63) is 59.5 Å². The normalized spacial score (nSPS) is 15.5. The highest BCUT2D eigenvalue weighted by Crippen LogP contribution is 2.33. The summed E-state index contributed by atoms with van der Waals surface area (Å²) in [6.07, 6.45) is -0.596. The highest BCUT2D eigenvalue weighted by molar-refractivity contribution is 7.14. The monoisotopic (exact) mass is 429 g/mol. The van der Waals surface area contributed by atoms with Crippen LogP contribution in [0.4, 0.5) is 19.6 Å². The predicted octanol–water partition coefficient (Wildman–Crippen LogP) is 4.23. The van der Waals surface area contributed by atoms with Crippen LogP contribution in [0.2, 0.25) is 0 Å². The van der Waals surface area contributed by atoms with Gasteiger partial charge < -0.3 is 15.0 Å². The second kappa shape index (κ2) is 8.19. The second-order valence-electron chi connectivity index (χ2n) is 6.68. The molecule has 30 heavy (non-hydrogen) atoms. The molecule has 154 valence electrons. The summed E-state index contributed by atoms with van der Waals surface area (Å²) in [6.45, 7) is 1.83. The Kier molecular flexibility index (Phi) is 5.45. The Morgan fingerprint density at radius 3 is 2.90 bits per heavy atom. The number of nitrogens with one attached hydrogen (secondary N) is 1. The van der Waals surface area contributed by atoms with Gasteiger partial charge >= 0.3 is 0 Å². The number of halogens is 2. The van der Waals surface area contributed by atoms with Gasteiger partial charge in [0.15, 0.2) is 11.2 Å². The maximum Gasteiger partial charge on any atom is 0.267 e. The number of carbonyl (C=O) groups is 2. The zero-order valence-corrected chi connectivity index (χ0v) is 16.7. The van der Waals surface area contributed by atoms with Gasteiger partial charge in [-0.1, -0.05) is 12.1 Å². The molecule has 2 amide bonds. The predicted molar refractivity (Wildman–Crippen MR) is 110 cm³/mol. The summed E-state index contributed by atoms with van der Waals surface area (Å²) in [4.78, 5) is 30.5. The number of ether oxygens (including phenoxy) is 1. The fourth-order valence-electron chi connectivity index (χ4n) is 3.13. The molecule has 0 saturated carbocycles. The molecule has 1 atom stereocenters. The van der Waals surface area contributed by atoms with Crippen LogP contribution in [0.5, 0.6) is 5.75 Å². The number of aromatic nitrogens is 1. The van der Waals surface area contributed by atoms with Crippen LogP contribution in [-0.4, -0.2) is 29.4 Å². The lowest BCUT2D eigenvalue weighted by atomic mass is 10.1. The molecule has 1 aromatic heterocycles. The average molecular weight is 429 g/mol. The highest BCUT2D eigenvalue weighted by atomic mass is 32.1. The zero-order valence-electron chi connectivity index (χ0n) is 15.9. The lowest BCUT2D eigenvalue weighted by molar-refractivity contribution is -0.125. The smallest absolute Gasteiger partial charge is 0.267 e. The van der Waals surface area contributed by atoms with Crippen molar-refractivity contribution in [2.24, 2.45) is 0 Å². The molecule has 0 fully saturated rings. The van der Waals surface area contributed by atoms with E-state index in [2.05, 4.69) is 10.3 Å². The van der Waals surface area contributed by atoms with E-state index in [4.69, 9.17) is 4.74 Å². The van der Waals surface area contributed by atoms with E-state index < -0.39 is 17.7 Å². The van der Waals surface area contributed by atoms with E-state index in [1.165, 1.54) is 10.3 Å². The number of nitrogens with zero attached hydrogens (tertiary/aromatic N) is 2. The first-order chi connectivity index (χ1) is 14.4. The lowest BCUT2D eigenvalue weighted by Crippen LogP contribution is -2.45. The molecule has 0 unspecified atom stereocenters. The number of hydrogen-bond donors (Lipinski definition) is 1. The summed E-state index contributed by atoms with van der Waals surface area (Å²) in [5.41, 5.74) is 0.876. The molecule has 2 heterocycles. The van der Waals surface area contributed by atoms with Gasteiger partial charge in [-0.05, 0) is 37.3 Å². The number of rotatable bonds is 5. The summed E-state index contributed by atoms with van der Waals surface area (Å²) in [7, 11) is 0. The average Bonchev–Trinajstić information content (AvgIpc) is 3.18. The maximum absolute atomic E-state index is 13.9. The van der Waals surface area contributed by atoms with E-state index in [0.29, 0.717) is 11.4 Å². The summed E-state index contributed by atoms with van der Waals surface area (Å²) in [6, 6.07) is 10.2. The van der Waals surface area contributed by atoms with E-state index in [1.54, 1.807) is 25.1 Å². The largest absolute Gasteiger partial charge is 0.479 e. The van der Waals surface area contributed by atoms with Crippen LogP contribution in [0.3, 0.4) is 0 Å². The van der Waals surface area contributed by atoms with Crippen LogP contribution >= 0.6 is 11.3 Å². The molecule has 4 rings (SSSR count). The van der Waals surface area contributed by atoms with Crippen molar-refractivity contribution in [2.75, 3.05) is 16.8 Å². The molecule has 0 saturated heterocycles. The molecule has 0 bridgehead atoms. The number of amides is 2. The van der Waals surface area contributed by atoms with Gasteiger partial charge in [-0.2, -0.15) is 0 Å². The number of fused-ring (bicyclic) bond motifs is 1. The summed E-state index contributed by atoms with van der Waals surface area (Å²) >= 11 is 1.11. The summed E-state index contributed by atoms with van der Waals surface area (Å²) in [5.74, 6) is -1.15. The van der Waals surface area contributed by atoms with Crippen LogP contribution in [0.15, 0.2) is 47.8 Å². The van der Waals surface area contributed by atoms with E-state index in [9.17, 15) is 18.4 Å². The molecule has 1 aliphatic rings. The number of hydrogen-bond acceptors (Lipinski definition) is 5. The fourth-order valence-corrected chi connectivity index (χ4v) is 3.86. The van der Waals surface area contributed by atoms with Gasteiger partial charge in [0.25, 0.3) is 5.91 Å². The molecule has 1 N–H and O–H groups in total. The molecule has 2 aromatic carbocycles.